The number of anilines is 1. The van der Waals surface area contributed by atoms with Gasteiger partial charge < -0.3 is 5.32 Å². The summed E-state index contributed by atoms with van der Waals surface area (Å²) in [6.07, 6.45) is 0.559. The molecule has 1 aromatic carbocycles. The Morgan fingerprint density at radius 1 is 1.20 bits per heavy atom. The molecule has 0 fully saturated rings. The summed E-state index contributed by atoms with van der Waals surface area (Å²) in [6.45, 7) is 1.69. The summed E-state index contributed by atoms with van der Waals surface area (Å²) in [5.74, 6) is -0.510. The fraction of sp³-hybridized carbons (Fsp3) is 0.267. The molecule has 0 aliphatic rings. The Labute approximate surface area is 165 Å². The Kier molecular flexibility index (Phi) is 7.13. The first-order valence-electron chi connectivity index (χ1n) is 7.24. The van der Waals surface area contributed by atoms with Gasteiger partial charge in [0, 0.05) is 11.6 Å². The molecule has 0 unspecified atom stereocenters. The van der Waals surface area contributed by atoms with Gasteiger partial charge in [-0.15, -0.1) is 11.3 Å². The molecule has 0 radical (unpaired) electrons. The largest absolute Gasteiger partial charge is 0.324 e. The van der Waals surface area contributed by atoms with E-state index >= 15 is 0 Å². The summed E-state index contributed by atoms with van der Waals surface area (Å²) in [4.78, 5) is 12.3. The Morgan fingerprint density at radius 2 is 1.92 bits per heavy atom. The highest BCUT2D eigenvalue weighted by molar-refractivity contribution is 7.91. The van der Waals surface area contributed by atoms with Crippen LogP contribution >= 0.6 is 46.1 Å². The zero-order valence-corrected chi connectivity index (χ0v) is 17.0. The number of halogens is 3. The number of carbonyl (C=O) groups excluding carboxylic acids is 1. The van der Waals surface area contributed by atoms with Crippen LogP contribution in [0.15, 0.2) is 34.5 Å². The van der Waals surface area contributed by atoms with E-state index in [-0.39, 0.29) is 17.3 Å². The molecule has 1 amide bonds. The standard InChI is InChI=1S/C15H15Cl3N2O3S2/c1-2-7-20(25(22,23)15-6-5-13(18)24-15)9-14(21)19-12-8-10(16)3-4-11(12)17/h3-6,8H,2,7,9H2,1H3,(H,19,21). The molecular weight excluding hydrogens is 427 g/mol. The summed E-state index contributed by atoms with van der Waals surface area (Å²) >= 11 is 18.7. The predicted molar refractivity (Wildman–Crippen MR) is 103 cm³/mol. The maximum Gasteiger partial charge on any atom is 0.253 e. The maximum absolute atomic E-state index is 12.7. The predicted octanol–water partition coefficient (Wildman–Crippen LogP) is 4.75. The Hall–Kier alpha value is -0.830. The molecule has 5 nitrogen and oxygen atoms in total. The molecule has 10 heteroatoms. The van der Waals surface area contributed by atoms with Crippen LogP contribution in [-0.2, 0) is 14.8 Å². The molecule has 0 spiro atoms. The maximum atomic E-state index is 12.7. The van der Waals surface area contributed by atoms with E-state index < -0.39 is 15.9 Å². The molecule has 136 valence electrons. The van der Waals surface area contributed by atoms with Crippen LogP contribution in [0.25, 0.3) is 0 Å². The first-order chi connectivity index (χ1) is 11.7. The molecule has 0 aliphatic carbocycles. The number of nitrogens with zero attached hydrogens (tertiary/aromatic N) is 1. The van der Waals surface area contributed by atoms with Crippen LogP contribution in [0.2, 0.25) is 14.4 Å². The second-order valence-corrected chi connectivity index (χ2v) is 9.79. The van der Waals surface area contributed by atoms with E-state index in [0.717, 1.165) is 15.6 Å². The number of carbonyl (C=O) groups is 1. The smallest absolute Gasteiger partial charge is 0.253 e. The van der Waals surface area contributed by atoms with E-state index in [1.807, 2.05) is 6.92 Å². The van der Waals surface area contributed by atoms with Gasteiger partial charge in [0.15, 0.2) is 0 Å². The second-order valence-electron chi connectivity index (χ2n) is 5.07. The van der Waals surface area contributed by atoms with Crippen molar-refractivity contribution >= 4 is 67.8 Å². The van der Waals surface area contributed by atoms with Crippen LogP contribution in [0.5, 0.6) is 0 Å². The van der Waals surface area contributed by atoms with Crippen molar-refractivity contribution in [2.24, 2.45) is 0 Å². The molecule has 2 rings (SSSR count). The lowest BCUT2D eigenvalue weighted by Gasteiger charge is -2.20. The Bertz CT molecular complexity index is 869. The van der Waals surface area contributed by atoms with Gasteiger partial charge >= 0.3 is 0 Å². The minimum Gasteiger partial charge on any atom is -0.324 e. The molecule has 0 bridgehead atoms. The topological polar surface area (TPSA) is 66.5 Å². The average molecular weight is 442 g/mol. The van der Waals surface area contributed by atoms with E-state index in [4.69, 9.17) is 34.8 Å². The van der Waals surface area contributed by atoms with Crippen LogP contribution in [-0.4, -0.2) is 31.7 Å². The van der Waals surface area contributed by atoms with Crippen molar-refractivity contribution in [2.45, 2.75) is 17.6 Å². The summed E-state index contributed by atoms with van der Waals surface area (Å²) in [5, 5.41) is 3.31. The number of rotatable bonds is 7. The third-order valence-electron chi connectivity index (χ3n) is 3.14. The fourth-order valence-electron chi connectivity index (χ4n) is 2.04. The first-order valence-corrected chi connectivity index (χ1v) is 10.6. The zero-order valence-electron chi connectivity index (χ0n) is 13.1. The van der Waals surface area contributed by atoms with Gasteiger partial charge in [-0.1, -0.05) is 41.7 Å². The molecule has 0 atom stereocenters. The van der Waals surface area contributed by atoms with Crippen molar-refractivity contribution in [1.82, 2.24) is 4.31 Å². The lowest BCUT2D eigenvalue weighted by atomic mass is 10.3. The van der Waals surface area contributed by atoms with Gasteiger partial charge in [-0.2, -0.15) is 4.31 Å². The summed E-state index contributed by atoms with van der Waals surface area (Å²) < 4.78 is 27.0. The molecule has 1 heterocycles. The minimum atomic E-state index is -3.80. The number of thiophene rings is 1. The van der Waals surface area contributed by atoms with Crippen LogP contribution in [0.3, 0.4) is 0 Å². The van der Waals surface area contributed by atoms with Crippen LogP contribution in [0.1, 0.15) is 13.3 Å². The van der Waals surface area contributed by atoms with Crippen molar-refractivity contribution in [3.63, 3.8) is 0 Å². The molecule has 25 heavy (non-hydrogen) atoms. The molecule has 0 saturated heterocycles. The van der Waals surface area contributed by atoms with Gasteiger partial charge in [0.2, 0.25) is 5.91 Å². The molecule has 0 saturated carbocycles. The molecule has 0 aliphatic heterocycles. The summed E-state index contributed by atoms with van der Waals surface area (Å²) in [7, 11) is -3.80. The highest BCUT2D eigenvalue weighted by Gasteiger charge is 2.27. The monoisotopic (exact) mass is 440 g/mol. The van der Waals surface area contributed by atoms with Crippen molar-refractivity contribution < 1.29 is 13.2 Å². The van der Waals surface area contributed by atoms with Crippen LogP contribution < -0.4 is 5.32 Å². The molecular formula is C15H15Cl3N2O3S2. The molecule has 1 N–H and O–H groups in total. The van der Waals surface area contributed by atoms with Gasteiger partial charge in [0.05, 0.1) is 21.6 Å². The van der Waals surface area contributed by atoms with Gasteiger partial charge in [-0.25, -0.2) is 8.42 Å². The zero-order chi connectivity index (χ0) is 18.6. The minimum absolute atomic E-state index is 0.0968. The SMILES string of the molecule is CCCN(CC(=O)Nc1cc(Cl)ccc1Cl)S(=O)(=O)c1ccc(Cl)s1. The third-order valence-corrected chi connectivity index (χ3v) is 7.25. The van der Waals surface area contributed by atoms with Crippen LogP contribution in [0.4, 0.5) is 5.69 Å². The second kappa shape index (κ2) is 8.70. The van der Waals surface area contributed by atoms with Gasteiger partial charge in [-0.05, 0) is 36.8 Å². The average Bonchev–Trinajstić information content (AvgIpc) is 2.98. The van der Waals surface area contributed by atoms with Crippen molar-refractivity contribution in [3.8, 4) is 0 Å². The normalized spacial score (nSPS) is 11.7. The van der Waals surface area contributed by atoms with E-state index in [1.54, 1.807) is 12.1 Å². The quantitative estimate of drug-likeness (QED) is 0.674. The summed E-state index contributed by atoms with van der Waals surface area (Å²) in [5.41, 5.74) is 0.326. The third kappa shape index (κ3) is 5.32. The molecule has 1 aromatic heterocycles. The molecule has 2 aromatic rings. The van der Waals surface area contributed by atoms with Crippen molar-refractivity contribution in [2.75, 3.05) is 18.4 Å². The van der Waals surface area contributed by atoms with E-state index in [0.29, 0.717) is 26.5 Å². The van der Waals surface area contributed by atoms with Gasteiger partial charge in [0.1, 0.15) is 4.21 Å². The van der Waals surface area contributed by atoms with Gasteiger partial charge in [0.25, 0.3) is 10.0 Å². The first kappa shape index (κ1) is 20.5. The Balaban J connectivity index is 2.18. The fourth-order valence-corrected chi connectivity index (χ4v) is 5.50. The van der Waals surface area contributed by atoms with Gasteiger partial charge in [-0.3, -0.25) is 4.79 Å². The Morgan fingerprint density at radius 3 is 2.52 bits per heavy atom. The van der Waals surface area contributed by atoms with Crippen molar-refractivity contribution in [3.05, 3.63) is 44.7 Å². The number of amides is 1. The lowest BCUT2D eigenvalue weighted by Crippen LogP contribution is -2.38. The van der Waals surface area contributed by atoms with E-state index in [9.17, 15) is 13.2 Å². The number of nitrogens with one attached hydrogen (secondary N) is 1. The highest BCUT2D eigenvalue weighted by atomic mass is 35.5. The summed E-state index contributed by atoms with van der Waals surface area (Å²) in [6, 6.07) is 7.58. The highest BCUT2D eigenvalue weighted by Crippen LogP contribution is 2.29. The van der Waals surface area contributed by atoms with Crippen LogP contribution in [0, 0.1) is 0 Å². The van der Waals surface area contributed by atoms with E-state index in [2.05, 4.69) is 5.32 Å². The number of benzene rings is 1. The number of hydrogen-bond acceptors (Lipinski definition) is 4. The van der Waals surface area contributed by atoms with Crippen molar-refractivity contribution in [1.29, 1.82) is 0 Å². The number of hydrogen-bond donors (Lipinski definition) is 1. The lowest BCUT2D eigenvalue weighted by molar-refractivity contribution is -0.116. The van der Waals surface area contributed by atoms with E-state index in [1.165, 1.54) is 18.2 Å². The number of sulfonamides is 1.